The van der Waals surface area contributed by atoms with Crippen molar-refractivity contribution in [3.63, 3.8) is 0 Å². The lowest BCUT2D eigenvalue weighted by atomic mass is 10.0. The van der Waals surface area contributed by atoms with E-state index in [2.05, 4.69) is 4.98 Å². The minimum atomic E-state index is -0.447. The number of hydrogen-bond acceptors (Lipinski definition) is 3. The maximum Gasteiger partial charge on any atom is 0.270 e. The van der Waals surface area contributed by atoms with Gasteiger partial charge in [-0.05, 0) is 23.6 Å². The zero-order valence-electron chi connectivity index (χ0n) is 9.84. The highest BCUT2D eigenvalue weighted by atomic mass is 16.6. The third kappa shape index (κ3) is 2.45. The summed E-state index contributed by atoms with van der Waals surface area (Å²) in [5.41, 5.74) is 2.00. The van der Waals surface area contributed by atoms with Crippen LogP contribution in [-0.4, -0.2) is 9.91 Å². The predicted molar refractivity (Wildman–Crippen MR) is 68.5 cm³/mol. The first-order valence-electron chi connectivity index (χ1n) is 5.58. The Hall–Kier alpha value is -2.43. The van der Waals surface area contributed by atoms with E-state index in [0.717, 1.165) is 5.69 Å². The predicted octanol–water partition coefficient (Wildman–Crippen LogP) is 2.51. The van der Waals surface area contributed by atoms with Crippen LogP contribution in [-0.2, 0) is 6.42 Å². The molecule has 5 heteroatoms. The summed E-state index contributed by atoms with van der Waals surface area (Å²) in [7, 11) is 0. The average Bonchev–Trinajstić information content (AvgIpc) is 2.38. The van der Waals surface area contributed by atoms with Crippen molar-refractivity contribution >= 4 is 5.69 Å². The number of aryl methyl sites for hydroxylation is 1. The van der Waals surface area contributed by atoms with Crippen LogP contribution in [0.25, 0.3) is 11.1 Å². The SMILES string of the molecule is CCc1cc(-c2cccc([N+](=O)[O-])c2)cc(=O)[nH]1. The van der Waals surface area contributed by atoms with Crippen LogP contribution in [0.15, 0.2) is 41.2 Å². The van der Waals surface area contributed by atoms with Gasteiger partial charge in [-0.2, -0.15) is 0 Å². The van der Waals surface area contributed by atoms with E-state index in [4.69, 9.17) is 0 Å². The Bertz CT molecular complexity index is 647. The van der Waals surface area contributed by atoms with Gasteiger partial charge in [-0.3, -0.25) is 14.9 Å². The number of rotatable bonds is 3. The molecule has 1 N–H and O–H groups in total. The van der Waals surface area contributed by atoms with Gasteiger partial charge in [0.1, 0.15) is 0 Å². The van der Waals surface area contributed by atoms with Crippen LogP contribution in [0.2, 0.25) is 0 Å². The summed E-state index contributed by atoms with van der Waals surface area (Å²) in [5, 5.41) is 10.7. The van der Waals surface area contributed by atoms with E-state index in [1.807, 2.05) is 13.0 Å². The van der Waals surface area contributed by atoms with E-state index < -0.39 is 4.92 Å². The molecule has 0 unspecified atom stereocenters. The lowest BCUT2D eigenvalue weighted by Crippen LogP contribution is -2.07. The van der Waals surface area contributed by atoms with E-state index in [1.54, 1.807) is 12.1 Å². The molecule has 0 saturated carbocycles. The van der Waals surface area contributed by atoms with Crippen molar-refractivity contribution in [3.8, 4) is 11.1 Å². The summed E-state index contributed by atoms with van der Waals surface area (Å²) >= 11 is 0. The number of benzene rings is 1. The highest BCUT2D eigenvalue weighted by Crippen LogP contribution is 2.23. The van der Waals surface area contributed by atoms with Gasteiger partial charge in [-0.15, -0.1) is 0 Å². The molecule has 0 radical (unpaired) electrons. The largest absolute Gasteiger partial charge is 0.326 e. The fourth-order valence-corrected chi connectivity index (χ4v) is 1.76. The second-order valence-corrected chi connectivity index (χ2v) is 3.92. The van der Waals surface area contributed by atoms with Crippen LogP contribution in [0.3, 0.4) is 0 Å². The van der Waals surface area contributed by atoms with Crippen molar-refractivity contribution in [2.24, 2.45) is 0 Å². The third-order valence-electron chi connectivity index (χ3n) is 2.67. The molecule has 0 amide bonds. The van der Waals surface area contributed by atoms with E-state index in [0.29, 0.717) is 17.5 Å². The number of aromatic amines is 1. The third-order valence-corrected chi connectivity index (χ3v) is 2.67. The van der Waals surface area contributed by atoms with Crippen molar-refractivity contribution < 1.29 is 4.92 Å². The Kier molecular flexibility index (Phi) is 3.23. The summed E-state index contributed by atoms with van der Waals surface area (Å²) < 4.78 is 0. The van der Waals surface area contributed by atoms with E-state index >= 15 is 0 Å². The van der Waals surface area contributed by atoms with E-state index in [1.165, 1.54) is 18.2 Å². The number of nitro groups is 1. The van der Waals surface area contributed by atoms with Crippen molar-refractivity contribution in [2.45, 2.75) is 13.3 Å². The van der Waals surface area contributed by atoms with Crippen LogP contribution in [0.4, 0.5) is 5.69 Å². The van der Waals surface area contributed by atoms with Crippen LogP contribution >= 0.6 is 0 Å². The normalized spacial score (nSPS) is 10.3. The number of nitrogens with one attached hydrogen (secondary N) is 1. The standard InChI is InChI=1S/C13H12N2O3/c1-2-11-6-10(8-13(16)14-11)9-4-3-5-12(7-9)15(17)18/h3-8H,2H2,1H3,(H,14,16). The van der Waals surface area contributed by atoms with Gasteiger partial charge >= 0.3 is 0 Å². The Balaban J connectivity index is 2.54. The maximum atomic E-state index is 11.5. The average molecular weight is 244 g/mol. The molecule has 0 spiro atoms. The van der Waals surface area contributed by atoms with E-state index in [9.17, 15) is 14.9 Å². The van der Waals surface area contributed by atoms with Gasteiger partial charge < -0.3 is 4.98 Å². The van der Waals surface area contributed by atoms with Crippen molar-refractivity contribution in [3.05, 3.63) is 62.6 Å². The molecule has 0 saturated heterocycles. The number of non-ortho nitro benzene ring substituents is 1. The molecule has 2 rings (SSSR count). The van der Waals surface area contributed by atoms with Crippen LogP contribution < -0.4 is 5.56 Å². The van der Waals surface area contributed by atoms with Crippen LogP contribution in [0, 0.1) is 10.1 Å². The second kappa shape index (κ2) is 4.83. The van der Waals surface area contributed by atoms with Gasteiger partial charge in [-0.1, -0.05) is 19.1 Å². The molecular weight excluding hydrogens is 232 g/mol. The summed E-state index contributed by atoms with van der Waals surface area (Å²) in [6, 6.07) is 9.53. The fraction of sp³-hybridized carbons (Fsp3) is 0.154. The highest BCUT2D eigenvalue weighted by molar-refractivity contribution is 5.66. The van der Waals surface area contributed by atoms with Crippen molar-refractivity contribution in [2.75, 3.05) is 0 Å². The number of nitrogens with zero attached hydrogens (tertiary/aromatic N) is 1. The number of aromatic nitrogens is 1. The van der Waals surface area contributed by atoms with Crippen LogP contribution in [0.5, 0.6) is 0 Å². The molecule has 92 valence electrons. The molecule has 0 fully saturated rings. The minimum Gasteiger partial charge on any atom is -0.326 e. The molecule has 2 aromatic rings. The first kappa shape index (κ1) is 12.0. The number of H-pyrrole nitrogens is 1. The Morgan fingerprint density at radius 1 is 1.22 bits per heavy atom. The number of hydrogen-bond donors (Lipinski definition) is 1. The molecule has 1 aromatic carbocycles. The zero-order chi connectivity index (χ0) is 13.1. The van der Waals surface area contributed by atoms with Crippen molar-refractivity contribution in [1.29, 1.82) is 0 Å². The smallest absolute Gasteiger partial charge is 0.270 e. The molecule has 0 bridgehead atoms. The first-order chi connectivity index (χ1) is 8.60. The van der Waals surface area contributed by atoms with E-state index in [-0.39, 0.29) is 11.2 Å². The molecule has 0 aliphatic carbocycles. The fourth-order valence-electron chi connectivity index (χ4n) is 1.76. The minimum absolute atomic E-state index is 0.0193. The first-order valence-corrected chi connectivity index (χ1v) is 5.58. The molecule has 18 heavy (non-hydrogen) atoms. The number of pyridine rings is 1. The monoisotopic (exact) mass is 244 g/mol. The van der Waals surface area contributed by atoms with Gasteiger partial charge in [0.05, 0.1) is 4.92 Å². The summed E-state index contributed by atoms with van der Waals surface area (Å²) in [5.74, 6) is 0. The topological polar surface area (TPSA) is 76.0 Å². The molecule has 0 atom stereocenters. The highest BCUT2D eigenvalue weighted by Gasteiger charge is 2.08. The zero-order valence-corrected chi connectivity index (χ0v) is 9.84. The second-order valence-electron chi connectivity index (χ2n) is 3.92. The molecule has 1 heterocycles. The Morgan fingerprint density at radius 3 is 2.67 bits per heavy atom. The summed E-state index contributed by atoms with van der Waals surface area (Å²) in [6.45, 7) is 1.93. The summed E-state index contributed by atoms with van der Waals surface area (Å²) in [6.07, 6.45) is 0.706. The van der Waals surface area contributed by atoms with Gasteiger partial charge in [0, 0.05) is 23.9 Å². The van der Waals surface area contributed by atoms with Crippen molar-refractivity contribution in [1.82, 2.24) is 4.98 Å². The van der Waals surface area contributed by atoms with Gasteiger partial charge in [0.2, 0.25) is 5.56 Å². The molecular formula is C13H12N2O3. The molecule has 0 aliphatic heterocycles. The Labute approximate surface area is 103 Å². The Morgan fingerprint density at radius 2 is 2.00 bits per heavy atom. The lowest BCUT2D eigenvalue weighted by molar-refractivity contribution is -0.384. The van der Waals surface area contributed by atoms with Gasteiger partial charge in [0.25, 0.3) is 5.69 Å². The maximum absolute atomic E-state index is 11.5. The summed E-state index contributed by atoms with van der Waals surface area (Å²) in [4.78, 5) is 24.5. The molecule has 1 aromatic heterocycles. The quantitative estimate of drug-likeness (QED) is 0.665. The molecule has 0 aliphatic rings. The van der Waals surface area contributed by atoms with Crippen LogP contribution in [0.1, 0.15) is 12.6 Å². The molecule has 5 nitrogen and oxygen atoms in total. The number of nitro benzene ring substituents is 1. The van der Waals surface area contributed by atoms with Gasteiger partial charge in [0.15, 0.2) is 0 Å². The lowest BCUT2D eigenvalue weighted by Gasteiger charge is -2.03. The van der Waals surface area contributed by atoms with Gasteiger partial charge in [-0.25, -0.2) is 0 Å².